The molecule has 0 fully saturated rings. The zero-order chi connectivity index (χ0) is 14.8. The second-order valence-corrected chi connectivity index (χ2v) is 5.48. The van der Waals surface area contributed by atoms with Gasteiger partial charge in [0, 0.05) is 18.2 Å². The van der Waals surface area contributed by atoms with Gasteiger partial charge in [-0.15, -0.1) is 0 Å². The van der Waals surface area contributed by atoms with E-state index < -0.39 is 0 Å². The topological polar surface area (TPSA) is 55.1 Å². The molecule has 0 saturated carbocycles. The van der Waals surface area contributed by atoms with Gasteiger partial charge in [0.1, 0.15) is 0 Å². The SMILES string of the molecule is CCCCCCCCC(=O)Nc1cccc(C(C)N)c1. The number of carbonyl (C=O) groups is 1. The second-order valence-electron chi connectivity index (χ2n) is 5.48. The van der Waals surface area contributed by atoms with Gasteiger partial charge in [-0.3, -0.25) is 4.79 Å². The van der Waals surface area contributed by atoms with Crippen molar-refractivity contribution < 1.29 is 4.79 Å². The summed E-state index contributed by atoms with van der Waals surface area (Å²) in [6.45, 7) is 4.15. The lowest BCUT2D eigenvalue weighted by Crippen LogP contribution is -2.12. The fourth-order valence-electron chi connectivity index (χ4n) is 2.19. The molecule has 1 amide bonds. The van der Waals surface area contributed by atoms with Crippen LogP contribution >= 0.6 is 0 Å². The average Bonchev–Trinajstić information content (AvgIpc) is 2.43. The molecule has 0 aliphatic heterocycles. The standard InChI is InChI=1S/C17H28N2O/c1-3-4-5-6-7-8-12-17(20)19-16-11-9-10-15(13-16)14(2)18/h9-11,13-14H,3-8,12,18H2,1-2H3,(H,19,20). The summed E-state index contributed by atoms with van der Waals surface area (Å²) < 4.78 is 0. The first-order chi connectivity index (χ1) is 9.63. The maximum Gasteiger partial charge on any atom is 0.224 e. The van der Waals surface area contributed by atoms with Crippen LogP contribution in [0.3, 0.4) is 0 Å². The highest BCUT2D eigenvalue weighted by Crippen LogP contribution is 2.16. The zero-order valence-electron chi connectivity index (χ0n) is 12.8. The molecule has 0 spiro atoms. The minimum Gasteiger partial charge on any atom is -0.326 e. The van der Waals surface area contributed by atoms with E-state index in [0.29, 0.717) is 6.42 Å². The van der Waals surface area contributed by atoms with E-state index in [1.54, 1.807) is 0 Å². The van der Waals surface area contributed by atoms with Gasteiger partial charge in [-0.2, -0.15) is 0 Å². The Balaban J connectivity index is 2.26. The molecule has 1 atom stereocenters. The van der Waals surface area contributed by atoms with Crippen molar-refractivity contribution in [3.8, 4) is 0 Å². The fourth-order valence-corrected chi connectivity index (χ4v) is 2.19. The molecule has 0 radical (unpaired) electrons. The summed E-state index contributed by atoms with van der Waals surface area (Å²) in [7, 11) is 0. The number of unbranched alkanes of at least 4 members (excludes halogenated alkanes) is 5. The van der Waals surface area contributed by atoms with Gasteiger partial charge in [0.2, 0.25) is 5.91 Å². The molecule has 1 aromatic rings. The Kier molecular flexibility index (Phi) is 7.97. The van der Waals surface area contributed by atoms with Crippen molar-refractivity contribution in [2.45, 2.75) is 64.8 Å². The predicted molar refractivity (Wildman–Crippen MR) is 85.7 cm³/mol. The first-order valence-corrected chi connectivity index (χ1v) is 7.79. The molecule has 0 aromatic heterocycles. The number of nitrogens with two attached hydrogens (primary N) is 1. The lowest BCUT2D eigenvalue weighted by Gasteiger charge is -2.09. The van der Waals surface area contributed by atoms with E-state index >= 15 is 0 Å². The molecule has 1 unspecified atom stereocenters. The molecule has 1 aromatic carbocycles. The van der Waals surface area contributed by atoms with Gasteiger partial charge in [-0.25, -0.2) is 0 Å². The van der Waals surface area contributed by atoms with E-state index in [1.165, 1.54) is 25.7 Å². The molecule has 3 nitrogen and oxygen atoms in total. The van der Waals surface area contributed by atoms with Crippen molar-refractivity contribution in [2.75, 3.05) is 5.32 Å². The van der Waals surface area contributed by atoms with E-state index in [1.807, 2.05) is 31.2 Å². The fraction of sp³-hybridized carbons (Fsp3) is 0.588. The third-order valence-electron chi connectivity index (χ3n) is 3.45. The molecular formula is C17H28N2O. The van der Waals surface area contributed by atoms with Crippen LogP contribution in [0, 0.1) is 0 Å². The second kappa shape index (κ2) is 9.54. The molecule has 0 heterocycles. The van der Waals surface area contributed by atoms with Crippen molar-refractivity contribution in [1.82, 2.24) is 0 Å². The molecule has 0 aliphatic rings. The number of anilines is 1. The molecule has 112 valence electrons. The van der Waals surface area contributed by atoms with Crippen LogP contribution in [-0.4, -0.2) is 5.91 Å². The van der Waals surface area contributed by atoms with Crippen molar-refractivity contribution in [3.63, 3.8) is 0 Å². The lowest BCUT2D eigenvalue weighted by atomic mass is 10.1. The molecular weight excluding hydrogens is 248 g/mol. The summed E-state index contributed by atoms with van der Waals surface area (Å²) in [5.74, 6) is 0.0994. The smallest absolute Gasteiger partial charge is 0.224 e. The monoisotopic (exact) mass is 276 g/mol. The number of amides is 1. The first kappa shape index (κ1) is 16.7. The highest BCUT2D eigenvalue weighted by Gasteiger charge is 2.04. The molecule has 0 bridgehead atoms. The molecule has 3 heteroatoms. The summed E-state index contributed by atoms with van der Waals surface area (Å²) in [6, 6.07) is 7.76. The maximum absolute atomic E-state index is 11.8. The van der Waals surface area contributed by atoms with E-state index in [9.17, 15) is 4.79 Å². The molecule has 0 saturated heterocycles. The summed E-state index contributed by atoms with van der Waals surface area (Å²) in [5.41, 5.74) is 7.73. The van der Waals surface area contributed by atoms with E-state index in [2.05, 4.69) is 12.2 Å². The quantitative estimate of drug-likeness (QED) is 0.657. The highest BCUT2D eigenvalue weighted by molar-refractivity contribution is 5.90. The highest BCUT2D eigenvalue weighted by atomic mass is 16.1. The minimum atomic E-state index is -0.00887. The van der Waals surface area contributed by atoms with Crippen molar-refractivity contribution >= 4 is 11.6 Å². The van der Waals surface area contributed by atoms with Gasteiger partial charge in [0.25, 0.3) is 0 Å². The van der Waals surface area contributed by atoms with Crippen LogP contribution in [0.2, 0.25) is 0 Å². The van der Waals surface area contributed by atoms with Gasteiger partial charge < -0.3 is 11.1 Å². The molecule has 1 rings (SSSR count). The number of hydrogen-bond acceptors (Lipinski definition) is 2. The van der Waals surface area contributed by atoms with E-state index in [-0.39, 0.29) is 11.9 Å². The Morgan fingerprint density at radius 2 is 1.90 bits per heavy atom. The third kappa shape index (κ3) is 6.71. The Hall–Kier alpha value is -1.35. The summed E-state index contributed by atoms with van der Waals surface area (Å²) in [4.78, 5) is 11.8. The van der Waals surface area contributed by atoms with Crippen LogP contribution in [0.1, 0.15) is 70.4 Å². The predicted octanol–water partition coefficient (Wildman–Crippen LogP) is 4.40. The number of benzene rings is 1. The van der Waals surface area contributed by atoms with Crippen LogP contribution < -0.4 is 11.1 Å². The van der Waals surface area contributed by atoms with Crippen LogP contribution in [0.5, 0.6) is 0 Å². The van der Waals surface area contributed by atoms with Crippen molar-refractivity contribution in [3.05, 3.63) is 29.8 Å². The molecule has 3 N–H and O–H groups in total. The zero-order valence-corrected chi connectivity index (χ0v) is 12.8. The third-order valence-corrected chi connectivity index (χ3v) is 3.45. The largest absolute Gasteiger partial charge is 0.326 e. The van der Waals surface area contributed by atoms with E-state index in [0.717, 1.165) is 24.1 Å². The molecule has 20 heavy (non-hydrogen) atoms. The summed E-state index contributed by atoms with van der Waals surface area (Å²) >= 11 is 0. The number of nitrogens with one attached hydrogen (secondary N) is 1. The Labute approximate surface area is 122 Å². The van der Waals surface area contributed by atoms with Crippen LogP contribution in [0.4, 0.5) is 5.69 Å². The number of rotatable bonds is 9. The van der Waals surface area contributed by atoms with Gasteiger partial charge >= 0.3 is 0 Å². The van der Waals surface area contributed by atoms with Gasteiger partial charge in [-0.1, -0.05) is 51.2 Å². The Morgan fingerprint density at radius 3 is 2.60 bits per heavy atom. The Morgan fingerprint density at radius 1 is 1.20 bits per heavy atom. The number of hydrogen-bond donors (Lipinski definition) is 2. The summed E-state index contributed by atoms with van der Waals surface area (Å²) in [5, 5.41) is 2.94. The first-order valence-electron chi connectivity index (χ1n) is 7.79. The van der Waals surface area contributed by atoms with Crippen LogP contribution in [0.15, 0.2) is 24.3 Å². The van der Waals surface area contributed by atoms with Crippen LogP contribution in [-0.2, 0) is 4.79 Å². The van der Waals surface area contributed by atoms with Gasteiger partial charge in [-0.05, 0) is 31.0 Å². The van der Waals surface area contributed by atoms with E-state index in [4.69, 9.17) is 5.73 Å². The average molecular weight is 276 g/mol. The van der Waals surface area contributed by atoms with Crippen molar-refractivity contribution in [1.29, 1.82) is 0 Å². The normalized spacial score (nSPS) is 12.2. The van der Waals surface area contributed by atoms with Crippen LogP contribution in [0.25, 0.3) is 0 Å². The minimum absolute atomic E-state index is 0.00887. The maximum atomic E-state index is 11.8. The Bertz CT molecular complexity index is 402. The summed E-state index contributed by atoms with van der Waals surface area (Å²) in [6.07, 6.45) is 7.81. The molecule has 0 aliphatic carbocycles. The van der Waals surface area contributed by atoms with Gasteiger partial charge in [0.05, 0.1) is 0 Å². The lowest BCUT2D eigenvalue weighted by molar-refractivity contribution is -0.116. The van der Waals surface area contributed by atoms with Gasteiger partial charge in [0.15, 0.2) is 0 Å². The van der Waals surface area contributed by atoms with Crippen molar-refractivity contribution in [2.24, 2.45) is 5.73 Å². The number of carbonyl (C=O) groups excluding carboxylic acids is 1.